The lowest BCUT2D eigenvalue weighted by atomic mass is 10.1. The van der Waals surface area contributed by atoms with E-state index in [1.54, 1.807) is 18.4 Å². The van der Waals surface area contributed by atoms with E-state index in [2.05, 4.69) is 5.32 Å². The van der Waals surface area contributed by atoms with Crippen LogP contribution in [0.1, 0.15) is 11.3 Å². The molecule has 0 spiro atoms. The number of hydrogen-bond acceptors (Lipinski definition) is 3. The summed E-state index contributed by atoms with van der Waals surface area (Å²) < 4.78 is 7.05. The average molecular weight is 369 g/mol. The first-order valence-electron chi connectivity index (χ1n) is 8.98. The van der Waals surface area contributed by atoms with Crippen LogP contribution in [-0.4, -0.2) is 15.7 Å². The Kier molecular flexibility index (Phi) is 5.15. The number of aromatic nitrogens is 2. The van der Waals surface area contributed by atoms with Crippen LogP contribution in [-0.2, 0) is 11.3 Å². The van der Waals surface area contributed by atoms with E-state index in [1.807, 2.05) is 77.6 Å². The number of nitrogens with one attached hydrogen (secondary N) is 1. The molecule has 2 aromatic carbocycles. The monoisotopic (exact) mass is 369 g/mol. The lowest BCUT2D eigenvalue weighted by molar-refractivity contribution is -0.116. The Bertz CT molecular complexity index is 1070. The van der Waals surface area contributed by atoms with E-state index in [1.165, 1.54) is 6.08 Å². The molecule has 0 saturated carbocycles. The molecule has 2 aromatic heterocycles. The molecule has 0 bridgehead atoms. The van der Waals surface area contributed by atoms with Crippen molar-refractivity contribution in [1.29, 1.82) is 0 Å². The SMILES string of the molecule is O=C(C=Cc1cn(-c2ccccc2)nc1-c1ccccc1)NCc1ccco1. The van der Waals surface area contributed by atoms with Gasteiger partial charge >= 0.3 is 0 Å². The van der Waals surface area contributed by atoms with Crippen molar-refractivity contribution in [2.24, 2.45) is 0 Å². The topological polar surface area (TPSA) is 60.1 Å². The summed E-state index contributed by atoms with van der Waals surface area (Å²) in [6.45, 7) is 0.352. The summed E-state index contributed by atoms with van der Waals surface area (Å²) in [4.78, 5) is 12.2. The van der Waals surface area contributed by atoms with Crippen LogP contribution in [0.3, 0.4) is 0 Å². The second-order valence-corrected chi connectivity index (χ2v) is 6.21. The molecule has 1 amide bonds. The number of carbonyl (C=O) groups excluding carboxylic acids is 1. The van der Waals surface area contributed by atoms with Gasteiger partial charge in [-0.05, 0) is 30.3 Å². The number of amides is 1. The zero-order valence-corrected chi connectivity index (χ0v) is 15.2. The number of para-hydroxylation sites is 1. The number of carbonyl (C=O) groups is 1. The first kappa shape index (κ1) is 17.5. The molecule has 0 unspecified atom stereocenters. The predicted molar refractivity (Wildman–Crippen MR) is 109 cm³/mol. The van der Waals surface area contributed by atoms with Crippen molar-refractivity contribution in [3.05, 3.63) is 103 Å². The molecule has 28 heavy (non-hydrogen) atoms. The summed E-state index contributed by atoms with van der Waals surface area (Å²) >= 11 is 0. The summed E-state index contributed by atoms with van der Waals surface area (Å²) in [6.07, 6.45) is 6.81. The van der Waals surface area contributed by atoms with E-state index in [0.29, 0.717) is 12.3 Å². The Morgan fingerprint density at radius 2 is 1.75 bits per heavy atom. The van der Waals surface area contributed by atoms with Gasteiger partial charge in [-0.25, -0.2) is 4.68 Å². The minimum Gasteiger partial charge on any atom is -0.467 e. The van der Waals surface area contributed by atoms with Gasteiger partial charge in [0, 0.05) is 23.4 Å². The van der Waals surface area contributed by atoms with Crippen LogP contribution < -0.4 is 5.32 Å². The third-order valence-corrected chi connectivity index (χ3v) is 4.24. The largest absolute Gasteiger partial charge is 0.467 e. The standard InChI is InChI=1S/C23H19N3O2/c27-22(24-16-21-12-7-15-28-21)14-13-19-17-26(20-10-5-2-6-11-20)25-23(19)18-8-3-1-4-9-18/h1-15,17H,16H2,(H,24,27). The summed E-state index contributed by atoms with van der Waals surface area (Å²) in [7, 11) is 0. The smallest absolute Gasteiger partial charge is 0.244 e. The molecule has 0 fully saturated rings. The van der Waals surface area contributed by atoms with Crippen molar-refractivity contribution < 1.29 is 9.21 Å². The third kappa shape index (κ3) is 4.10. The Balaban J connectivity index is 1.59. The zero-order valence-electron chi connectivity index (χ0n) is 15.2. The van der Waals surface area contributed by atoms with E-state index in [4.69, 9.17) is 9.52 Å². The summed E-state index contributed by atoms with van der Waals surface area (Å²) in [5, 5.41) is 7.54. The fourth-order valence-corrected chi connectivity index (χ4v) is 2.85. The lowest BCUT2D eigenvalue weighted by Gasteiger charge is -2.00. The van der Waals surface area contributed by atoms with Gasteiger partial charge in [-0.3, -0.25) is 4.79 Å². The molecule has 4 rings (SSSR count). The second-order valence-electron chi connectivity index (χ2n) is 6.21. The fourth-order valence-electron chi connectivity index (χ4n) is 2.85. The first-order chi connectivity index (χ1) is 13.8. The Hall–Kier alpha value is -3.86. The summed E-state index contributed by atoms with van der Waals surface area (Å²) in [5.41, 5.74) is 3.64. The van der Waals surface area contributed by atoms with E-state index in [0.717, 1.165) is 22.5 Å². The maximum Gasteiger partial charge on any atom is 0.244 e. The van der Waals surface area contributed by atoms with Crippen LogP contribution in [0.15, 0.2) is 95.7 Å². The van der Waals surface area contributed by atoms with Crippen molar-refractivity contribution >= 4 is 12.0 Å². The number of nitrogens with zero attached hydrogens (tertiary/aromatic N) is 2. The zero-order chi connectivity index (χ0) is 19.2. The molecule has 0 aliphatic carbocycles. The number of rotatable bonds is 6. The van der Waals surface area contributed by atoms with Crippen LogP contribution >= 0.6 is 0 Å². The lowest BCUT2D eigenvalue weighted by Crippen LogP contribution is -2.19. The minimum atomic E-state index is -0.192. The Morgan fingerprint density at radius 3 is 2.46 bits per heavy atom. The summed E-state index contributed by atoms with van der Waals surface area (Å²) in [6, 6.07) is 23.4. The number of hydrogen-bond donors (Lipinski definition) is 1. The van der Waals surface area contributed by atoms with Crippen LogP contribution in [0, 0.1) is 0 Å². The number of furan rings is 1. The average Bonchev–Trinajstić information content (AvgIpc) is 3.42. The maximum absolute atomic E-state index is 12.2. The minimum absolute atomic E-state index is 0.192. The van der Waals surface area contributed by atoms with Gasteiger partial charge in [-0.2, -0.15) is 5.10 Å². The highest BCUT2D eigenvalue weighted by atomic mass is 16.3. The van der Waals surface area contributed by atoms with Crippen molar-refractivity contribution in [1.82, 2.24) is 15.1 Å². The molecule has 5 heteroatoms. The highest BCUT2D eigenvalue weighted by Crippen LogP contribution is 2.24. The normalized spacial score (nSPS) is 11.0. The van der Waals surface area contributed by atoms with Crippen LogP contribution in [0.25, 0.3) is 23.0 Å². The van der Waals surface area contributed by atoms with Gasteiger partial charge in [-0.15, -0.1) is 0 Å². The molecular formula is C23H19N3O2. The van der Waals surface area contributed by atoms with Crippen molar-refractivity contribution in [3.63, 3.8) is 0 Å². The first-order valence-corrected chi connectivity index (χ1v) is 8.98. The van der Waals surface area contributed by atoms with Gasteiger partial charge < -0.3 is 9.73 Å². The van der Waals surface area contributed by atoms with Crippen molar-refractivity contribution in [3.8, 4) is 16.9 Å². The molecule has 5 nitrogen and oxygen atoms in total. The van der Waals surface area contributed by atoms with E-state index in [9.17, 15) is 4.79 Å². The molecule has 138 valence electrons. The second kappa shape index (κ2) is 8.22. The fraction of sp³-hybridized carbons (Fsp3) is 0.0435. The Labute approximate surface area is 162 Å². The summed E-state index contributed by atoms with van der Waals surface area (Å²) in [5.74, 6) is 0.520. The van der Waals surface area contributed by atoms with Crippen LogP contribution in [0.5, 0.6) is 0 Å². The van der Waals surface area contributed by atoms with E-state index >= 15 is 0 Å². The van der Waals surface area contributed by atoms with Gasteiger partial charge in [0.05, 0.1) is 24.2 Å². The van der Waals surface area contributed by atoms with Gasteiger partial charge in [0.2, 0.25) is 5.91 Å². The molecule has 1 N–H and O–H groups in total. The molecule has 0 aliphatic heterocycles. The molecule has 0 aliphatic rings. The van der Waals surface area contributed by atoms with E-state index in [-0.39, 0.29) is 5.91 Å². The third-order valence-electron chi connectivity index (χ3n) is 4.24. The maximum atomic E-state index is 12.2. The van der Waals surface area contributed by atoms with Crippen LogP contribution in [0.2, 0.25) is 0 Å². The molecule has 2 heterocycles. The molecule has 0 saturated heterocycles. The number of benzene rings is 2. The van der Waals surface area contributed by atoms with Gasteiger partial charge in [-0.1, -0.05) is 48.5 Å². The van der Waals surface area contributed by atoms with Crippen molar-refractivity contribution in [2.75, 3.05) is 0 Å². The van der Waals surface area contributed by atoms with Crippen LogP contribution in [0.4, 0.5) is 0 Å². The molecule has 0 radical (unpaired) electrons. The highest BCUT2D eigenvalue weighted by Gasteiger charge is 2.10. The van der Waals surface area contributed by atoms with Gasteiger partial charge in [0.1, 0.15) is 5.76 Å². The highest BCUT2D eigenvalue weighted by molar-refractivity contribution is 5.92. The quantitative estimate of drug-likeness (QED) is 0.511. The van der Waals surface area contributed by atoms with E-state index < -0.39 is 0 Å². The predicted octanol–water partition coefficient (Wildman–Crippen LogP) is 4.46. The van der Waals surface area contributed by atoms with Gasteiger partial charge in [0.15, 0.2) is 0 Å². The van der Waals surface area contributed by atoms with Gasteiger partial charge in [0.25, 0.3) is 0 Å². The molecular weight excluding hydrogens is 350 g/mol. The Morgan fingerprint density at radius 1 is 1.00 bits per heavy atom. The van der Waals surface area contributed by atoms with Crippen molar-refractivity contribution in [2.45, 2.75) is 6.54 Å². The molecule has 0 atom stereocenters. The molecule has 4 aromatic rings.